The second-order valence-corrected chi connectivity index (χ2v) is 5.81. The Morgan fingerprint density at radius 3 is 1.59 bits per heavy atom. The van der Waals surface area contributed by atoms with Crippen molar-refractivity contribution in [1.82, 2.24) is 5.32 Å². The molecular weight excluding hydrogens is 366 g/mol. The maximum atomic E-state index is 11.6. The van der Waals surface area contributed by atoms with Crippen molar-refractivity contribution < 1.29 is 47.7 Å². The van der Waals surface area contributed by atoms with Crippen LogP contribution in [-0.2, 0) is 47.7 Å². The average Bonchev–Trinajstić information content (AvgIpc) is 2.49. The first-order valence-corrected chi connectivity index (χ1v) is 8.10. The zero-order chi connectivity index (χ0) is 20.7. The van der Waals surface area contributed by atoms with Crippen LogP contribution in [0.15, 0.2) is 0 Å². The van der Waals surface area contributed by atoms with Crippen molar-refractivity contribution in [3.8, 4) is 0 Å². The lowest BCUT2D eigenvalue weighted by atomic mass is 9.97. The molecule has 0 aromatic rings. The third-order valence-electron chi connectivity index (χ3n) is 3.33. The lowest BCUT2D eigenvalue weighted by molar-refractivity contribution is -0.294. The molecule has 5 atom stereocenters. The summed E-state index contributed by atoms with van der Waals surface area (Å²) in [5, 5.41) is 2.48. The molecule has 0 radical (unpaired) electrons. The predicted octanol–water partition coefficient (Wildman–Crippen LogP) is -0.794. The molecule has 1 fully saturated rings. The Morgan fingerprint density at radius 2 is 1.15 bits per heavy atom. The quantitative estimate of drug-likeness (QED) is 0.453. The Balaban J connectivity index is 3.29. The molecule has 0 aromatic carbocycles. The van der Waals surface area contributed by atoms with Crippen LogP contribution in [0.2, 0.25) is 0 Å². The molecule has 0 saturated carbocycles. The lowest BCUT2D eigenvalue weighted by Gasteiger charge is -2.43. The zero-order valence-electron chi connectivity index (χ0n) is 15.7. The molecule has 5 unspecified atom stereocenters. The fourth-order valence-electron chi connectivity index (χ4n) is 2.52. The van der Waals surface area contributed by atoms with E-state index in [0.717, 1.165) is 27.7 Å². The summed E-state index contributed by atoms with van der Waals surface area (Å²) in [5.74, 6) is -3.38. The molecule has 1 saturated heterocycles. The molecule has 0 bridgehead atoms. The van der Waals surface area contributed by atoms with E-state index in [-0.39, 0.29) is 6.54 Å². The van der Waals surface area contributed by atoms with E-state index in [2.05, 4.69) is 5.32 Å². The summed E-state index contributed by atoms with van der Waals surface area (Å²) in [6.45, 7) is 5.55. The number of rotatable bonds is 6. The van der Waals surface area contributed by atoms with Crippen LogP contribution in [0.25, 0.3) is 0 Å². The first-order chi connectivity index (χ1) is 12.5. The van der Waals surface area contributed by atoms with Crippen LogP contribution in [0.1, 0.15) is 34.6 Å². The molecule has 1 heterocycles. The Kier molecular flexibility index (Phi) is 8.16. The van der Waals surface area contributed by atoms with Gasteiger partial charge in [0.1, 0.15) is 6.10 Å². The van der Waals surface area contributed by atoms with Gasteiger partial charge in [-0.3, -0.25) is 24.0 Å². The molecular formula is C16H23NO10. The van der Waals surface area contributed by atoms with Crippen LogP contribution in [-0.4, -0.2) is 67.0 Å². The second kappa shape index (κ2) is 9.86. The molecule has 1 rings (SSSR count). The number of hydrogen-bond acceptors (Lipinski definition) is 10. The van der Waals surface area contributed by atoms with E-state index >= 15 is 0 Å². The number of esters is 4. The topological polar surface area (TPSA) is 144 Å². The predicted molar refractivity (Wildman–Crippen MR) is 85.8 cm³/mol. The fraction of sp³-hybridized carbons (Fsp3) is 0.688. The van der Waals surface area contributed by atoms with Crippen LogP contribution in [0.4, 0.5) is 0 Å². The maximum absolute atomic E-state index is 11.6. The molecule has 11 heteroatoms. The smallest absolute Gasteiger partial charge is 0.305 e. The second-order valence-electron chi connectivity index (χ2n) is 5.81. The minimum absolute atomic E-state index is 0.143. The average molecular weight is 389 g/mol. The van der Waals surface area contributed by atoms with E-state index in [1.165, 1.54) is 6.92 Å². The van der Waals surface area contributed by atoms with Crippen LogP contribution in [0, 0.1) is 0 Å². The van der Waals surface area contributed by atoms with E-state index in [0.29, 0.717) is 0 Å². The highest BCUT2D eigenvalue weighted by molar-refractivity contribution is 5.73. The van der Waals surface area contributed by atoms with Gasteiger partial charge in [0.15, 0.2) is 12.2 Å². The van der Waals surface area contributed by atoms with E-state index in [4.69, 9.17) is 23.7 Å². The number of hydrogen-bond donors (Lipinski definition) is 1. The number of carbonyl (C=O) groups is 5. The largest absolute Gasteiger partial charge is 0.456 e. The summed E-state index contributed by atoms with van der Waals surface area (Å²) in [4.78, 5) is 57.2. The molecule has 1 amide bonds. The monoisotopic (exact) mass is 389 g/mol. The van der Waals surface area contributed by atoms with Crippen molar-refractivity contribution in [3.63, 3.8) is 0 Å². The van der Waals surface area contributed by atoms with Gasteiger partial charge in [0.2, 0.25) is 18.3 Å². The van der Waals surface area contributed by atoms with E-state index in [1.807, 2.05) is 0 Å². The van der Waals surface area contributed by atoms with Crippen LogP contribution < -0.4 is 5.32 Å². The fourth-order valence-corrected chi connectivity index (χ4v) is 2.52. The van der Waals surface area contributed by atoms with Crippen molar-refractivity contribution in [2.75, 3.05) is 6.54 Å². The van der Waals surface area contributed by atoms with Crippen molar-refractivity contribution in [2.24, 2.45) is 0 Å². The minimum Gasteiger partial charge on any atom is -0.456 e. The molecule has 1 aliphatic rings. The van der Waals surface area contributed by atoms with Crippen molar-refractivity contribution >= 4 is 29.8 Å². The SMILES string of the molecule is CC(=O)NCC1OC(OC(C)=O)C(OC(C)=O)C(OC(C)=O)C1OC(C)=O. The first kappa shape index (κ1) is 22.4. The highest BCUT2D eigenvalue weighted by atomic mass is 16.7. The summed E-state index contributed by atoms with van der Waals surface area (Å²) in [7, 11) is 0. The van der Waals surface area contributed by atoms with Gasteiger partial charge < -0.3 is 29.0 Å². The summed E-state index contributed by atoms with van der Waals surface area (Å²) in [5.41, 5.74) is 0. The summed E-state index contributed by atoms with van der Waals surface area (Å²) in [6, 6.07) is 0. The highest BCUT2D eigenvalue weighted by Gasteiger charge is 2.53. The number of carbonyl (C=O) groups excluding carboxylic acids is 5. The van der Waals surface area contributed by atoms with Crippen molar-refractivity contribution in [3.05, 3.63) is 0 Å². The zero-order valence-corrected chi connectivity index (χ0v) is 15.7. The maximum Gasteiger partial charge on any atom is 0.305 e. The summed E-state index contributed by atoms with van der Waals surface area (Å²) in [6.07, 6.45) is -6.42. The Hall–Kier alpha value is -2.69. The Bertz CT molecular complexity index is 604. The molecule has 0 aliphatic carbocycles. The van der Waals surface area contributed by atoms with Gasteiger partial charge in [-0.2, -0.15) is 0 Å². The number of amides is 1. The summed E-state index contributed by atoms with van der Waals surface area (Å²) < 4.78 is 26.1. The van der Waals surface area contributed by atoms with Gasteiger partial charge in [-0.25, -0.2) is 0 Å². The Labute approximate surface area is 155 Å². The van der Waals surface area contributed by atoms with E-state index in [9.17, 15) is 24.0 Å². The van der Waals surface area contributed by atoms with Gasteiger partial charge in [-0.15, -0.1) is 0 Å². The van der Waals surface area contributed by atoms with Gasteiger partial charge in [-0.1, -0.05) is 0 Å². The molecule has 1 N–H and O–H groups in total. The summed E-state index contributed by atoms with van der Waals surface area (Å²) >= 11 is 0. The normalized spacial score (nSPS) is 27.1. The molecule has 0 spiro atoms. The first-order valence-electron chi connectivity index (χ1n) is 8.10. The van der Waals surface area contributed by atoms with Crippen LogP contribution >= 0.6 is 0 Å². The van der Waals surface area contributed by atoms with Gasteiger partial charge in [0.25, 0.3) is 0 Å². The van der Waals surface area contributed by atoms with Gasteiger partial charge >= 0.3 is 23.9 Å². The molecule has 1 aliphatic heterocycles. The van der Waals surface area contributed by atoms with E-state index < -0.39 is 60.5 Å². The molecule has 0 aromatic heterocycles. The van der Waals surface area contributed by atoms with Crippen molar-refractivity contribution in [2.45, 2.75) is 65.3 Å². The van der Waals surface area contributed by atoms with Gasteiger partial charge in [-0.05, 0) is 0 Å². The minimum atomic E-state index is -1.44. The van der Waals surface area contributed by atoms with Crippen molar-refractivity contribution in [1.29, 1.82) is 0 Å². The molecule has 11 nitrogen and oxygen atoms in total. The third-order valence-corrected chi connectivity index (χ3v) is 3.33. The van der Waals surface area contributed by atoms with E-state index in [1.54, 1.807) is 0 Å². The van der Waals surface area contributed by atoms with Gasteiger partial charge in [0.05, 0.1) is 0 Å². The lowest BCUT2D eigenvalue weighted by Crippen LogP contribution is -2.64. The number of ether oxygens (including phenoxy) is 5. The number of nitrogens with one attached hydrogen (secondary N) is 1. The van der Waals surface area contributed by atoms with Crippen LogP contribution in [0.5, 0.6) is 0 Å². The molecule has 152 valence electrons. The standard InChI is InChI=1S/C16H23NO10/c1-7(18)17-6-12-13(23-8(2)19)14(24-9(3)20)15(25-10(4)21)16(27-12)26-11(5)22/h12-16H,6H2,1-5H3,(H,17,18). The highest BCUT2D eigenvalue weighted by Crippen LogP contribution is 2.29. The molecule has 27 heavy (non-hydrogen) atoms. The Morgan fingerprint density at radius 1 is 0.704 bits per heavy atom. The van der Waals surface area contributed by atoms with Crippen LogP contribution in [0.3, 0.4) is 0 Å². The third kappa shape index (κ3) is 7.21. The van der Waals surface area contributed by atoms with Gasteiger partial charge in [0, 0.05) is 41.2 Å².